The normalized spacial score (nSPS) is 21.6. The molecule has 21 heavy (non-hydrogen) atoms. The van der Waals surface area contributed by atoms with Gasteiger partial charge >= 0.3 is 0 Å². The summed E-state index contributed by atoms with van der Waals surface area (Å²) >= 11 is 0. The van der Waals surface area contributed by atoms with Gasteiger partial charge < -0.3 is 19.8 Å². The molecule has 6 nitrogen and oxygen atoms in total. The minimum Gasteiger partial charge on any atom is -0.394 e. The molecule has 0 bridgehead atoms. The summed E-state index contributed by atoms with van der Waals surface area (Å²) in [7, 11) is 0. The van der Waals surface area contributed by atoms with Crippen LogP contribution >= 0.6 is 0 Å². The van der Waals surface area contributed by atoms with E-state index in [2.05, 4.69) is 16.8 Å². The highest BCUT2D eigenvalue weighted by molar-refractivity contribution is 5.94. The molecule has 1 saturated heterocycles. The van der Waals surface area contributed by atoms with E-state index in [0.29, 0.717) is 24.2 Å². The first-order valence-electron chi connectivity index (χ1n) is 6.74. The van der Waals surface area contributed by atoms with Crippen molar-refractivity contribution in [3.05, 3.63) is 29.6 Å². The molecule has 0 aromatic carbocycles. The molecule has 2 N–H and O–H groups in total. The van der Waals surface area contributed by atoms with Crippen molar-refractivity contribution in [3.8, 4) is 11.8 Å². The minimum atomic E-state index is -0.358. The van der Waals surface area contributed by atoms with Gasteiger partial charge in [0.1, 0.15) is 6.61 Å². The van der Waals surface area contributed by atoms with Crippen molar-refractivity contribution >= 4 is 5.91 Å². The van der Waals surface area contributed by atoms with E-state index >= 15 is 0 Å². The Morgan fingerprint density at radius 2 is 2.29 bits per heavy atom. The van der Waals surface area contributed by atoms with Gasteiger partial charge in [0.25, 0.3) is 5.91 Å². The van der Waals surface area contributed by atoms with E-state index < -0.39 is 0 Å². The summed E-state index contributed by atoms with van der Waals surface area (Å²) in [5, 5.41) is 17.9. The smallest absolute Gasteiger partial charge is 0.255 e. The number of carbonyl (C=O) groups excluding carboxylic acids is 1. The Hall–Kier alpha value is -1.94. The predicted molar refractivity (Wildman–Crippen MR) is 75.5 cm³/mol. The van der Waals surface area contributed by atoms with Crippen molar-refractivity contribution in [3.63, 3.8) is 0 Å². The SMILES string of the molecule is CC1CN(C(=O)c2cncc(C#CCO)c2)CC(CO)O1. The van der Waals surface area contributed by atoms with Crippen LogP contribution in [-0.4, -0.2) is 64.5 Å². The number of rotatable bonds is 2. The maximum atomic E-state index is 12.5. The van der Waals surface area contributed by atoms with Crippen LogP contribution < -0.4 is 0 Å². The topological polar surface area (TPSA) is 82.9 Å². The lowest BCUT2D eigenvalue weighted by atomic mass is 10.1. The third-order valence-corrected chi connectivity index (χ3v) is 3.11. The Balaban J connectivity index is 2.15. The van der Waals surface area contributed by atoms with Crippen molar-refractivity contribution in [1.82, 2.24) is 9.88 Å². The number of hydrogen-bond donors (Lipinski definition) is 2. The summed E-state index contributed by atoms with van der Waals surface area (Å²) in [6.07, 6.45) is 2.55. The first kappa shape index (κ1) is 15.4. The minimum absolute atomic E-state index is 0.117. The number of aliphatic hydroxyl groups excluding tert-OH is 2. The van der Waals surface area contributed by atoms with Gasteiger partial charge in [0, 0.05) is 31.0 Å². The van der Waals surface area contributed by atoms with Crippen molar-refractivity contribution in [2.75, 3.05) is 26.3 Å². The number of amides is 1. The molecule has 1 amide bonds. The maximum absolute atomic E-state index is 12.5. The molecule has 1 aliphatic heterocycles. The number of aromatic nitrogens is 1. The van der Waals surface area contributed by atoms with E-state index in [1.807, 2.05) is 6.92 Å². The zero-order valence-corrected chi connectivity index (χ0v) is 11.8. The van der Waals surface area contributed by atoms with Crippen LogP contribution in [0.15, 0.2) is 18.5 Å². The summed E-state index contributed by atoms with van der Waals surface area (Å²) in [5.41, 5.74) is 1.01. The molecule has 2 heterocycles. The van der Waals surface area contributed by atoms with Gasteiger partial charge in [-0.15, -0.1) is 0 Å². The van der Waals surface area contributed by atoms with Gasteiger partial charge in [0.05, 0.1) is 24.4 Å². The Labute approximate surface area is 123 Å². The molecule has 1 aromatic heterocycles. The number of ether oxygens (including phenoxy) is 1. The molecule has 6 heteroatoms. The Morgan fingerprint density at radius 1 is 1.48 bits per heavy atom. The highest BCUT2D eigenvalue weighted by Gasteiger charge is 2.28. The van der Waals surface area contributed by atoms with Crippen LogP contribution in [0.4, 0.5) is 0 Å². The predicted octanol–water partition coefficient (Wildman–Crippen LogP) is -0.353. The molecule has 112 valence electrons. The molecule has 0 spiro atoms. The van der Waals surface area contributed by atoms with E-state index in [4.69, 9.17) is 9.84 Å². The fourth-order valence-corrected chi connectivity index (χ4v) is 2.26. The summed E-state index contributed by atoms with van der Waals surface area (Å²) in [6, 6.07) is 1.64. The fourth-order valence-electron chi connectivity index (χ4n) is 2.26. The summed E-state index contributed by atoms with van der Waals surface area (Å²) in [4.78, 5) is 18.1. The molecule has 1 aromatic rings. The number of morpholine rings is 1. The Morgan fingerprint density at radius 3 is 3.00 bits per heavy atom. The van der Waals surface area contributed by atoms with Crippen LogP contribution in [0.3, 0.4) is 0 Å². The van der Waals surface area contributed by atoms with E-state index in [1.165, 1.54) is 12.4 Å². The van der Waals surface area contributed by atoms with Crippen LogP contribution in [0, 0.1) is 11.8 Å². The van der Waals surface area contributed by atoms with Gasteiger partial charge in [0.15, 0.2) is 0 Å². The zero-order valence-electron chi connectivity index (χ0n) is 11.8. The second kappa shape index (κ2) is 7.18. The average molecular weight is 290 g/mol. The summed E-state index contributed by atoms with van der Waals surface area (Å²) in [5.74, 6) is 5.08. The van der Waals surface area contributed by atoms with E-state index in [1.54, 1.807) is 11.0 Å². The maximum Gasteiger partial charge on any atom is 0.255 e. The monoisotopic (exact) mass is 290 g/mol. The van der Waals surface area contributed by atoms with Gasteiger partial charge in [0.2, 0.25) is 0 Å². The molecule has 0 saturated carbocycles. The average Bonchev–Trinajstić information content (AvgIpc) is 2.51. The highest BCUT2D eigenvalue weighted by Crippen LogP contribution is 2.14. The first-order chi connectivity index (χ1) is 10.1. The van der Waals surface area contributed by atoms with E-state index in [9.17, 15) is 9.90 Å². The largest absolute Gasteiger partial charge is 0.394 e. The van der Waals surface area contributed by atoms with Crippen LogP contribution in [0.5, 0.6) is 0 Å². The lowest BCUT2D eigenvalue weighted by Gasteiger charge is -2.36. The van der Waals surface area contributed by atoms with E-state index in [0.717, 1.165) is 0 Å². The fraction of sp³-hybridized carbons (Fsp3) is 0.467. The highest BCUT2D eigenvalue weighted by atomic mass is 16.5. The molecule has 2 rings (SSSR count). The van der Waals surface area contributed by atoms with Gasteiger partial charge in [-0.3, -0.25) is 9.78 Å². The molecule has 2 atom stereocenters. The van der Waals surface area contributed by atoms with Gasteiger partial charge in [-0.25, -0.2) is 0 Å². The van der Waals surface area contributed by atoms with Gasteiger partial charge in [-0.1, -0.05) is 11.8 Å². The molecule has 0 radical (unpaired) electrons. The van der Waals surface area contributed by atoms with Crippen LogP contribution in [0.25, 0.3) is 0 Å². The molecule has 0 aliphatic carbocycles. The van der Waals surface area contributed by atoms with Crippen molar-refractivity contribution in [2.24, 2.45) is 0 Å². The third-order valence-electron chi connectivity index (χ3n) is 3.11. The summed E-state index contributed by atoms with van der Waals surface area (Å²) < 4.78 is 5.52. The van der Waals surface area contributed by atoms with Gasteiger partial charge in [-0.05, 0) is 13.0 Å². The third kappa shape index (κ3) is 4.02. The van der Waals surface area contributed by atoms with Crippen LogP contribution in [0.1, 0.15) is 22.8 Å². The molecule has 1 fully saturated rings. The standard InChI is InChI=1S/C15H18N2O4/c1-11-8-17(9-14(10-19)21-11)15(20)13-5-12(3-2-4-18)6-16-7-13/h5-7,11,14,18-19H,4,8-10H2,1H3. The zero-order chi connectivity index (χ0) is 15.2. The summed E-state index contributed by atoms with van der Waals surface area (Å²) in [6.45, 7) is 2.34. The number of aliphatic hydroxyl groups is 2. The van der Waals surface area contributed by atoms with E-state index in [-0.39, 0.29) is 31.3 Å². The molecule has 1 aliphatic rings. The first-order valence-corrected chi connectivity index (χ1v) is 6.74. The number of pyridine rings is 1. The van der Waals surface area contributed by atoms with Crippen molar-refractivity contribution in [1.29, 1.82) is 0 Å². The number of hydrogen-bond acceptors (Lipinski definition) is 5. The Bertz CT molecular complexity index is 564. The number of carbonyl (C=O) groups is 1. The Kier molecular flexibility index (Phi) is 5.28. The second-order valence-electron chi connectivity index (χ2n) is 4.88. The van der Waals surface area contributed by atoms with Gasteiger partial charge in [-0.2, -0.15) is 0 Å². The molecular weight excluding hydrogens is 272 g/mol. The van der Waals surface area contributed by atoms with Crippen molar-refractivity contribution in [2.45, 2.75) is 19.1 Å². The second-order valence-corrected chi connectivity index (χ2v) is 4.88. The van der Waals surface area contributed by atoms with Crippen molar-refractivity contribution < 1.29 is 19.7 Å². The van der Waals surface area contributed by atoms with Crippen LogP contribution in [-0.2, 0) is 4.74 Å². The lowest BCUT2D eigenvalue weighted by molar-refractivity contribution is -0.0858. The lowest BCUT2D eigenvalue weighted by Crippen LogP contribution is -2.50. The molecular formula is C15H18N2O4. The number of nitrogens with zero attached hydrogens (tertiary/aromatic N) is 2. The quantitative estimate of drug-likeness (QED) is 0.727. The van der Waals surface area contributed by atoms with Crippen LogP contribution in [0.2, 0.25) is 0 Å². The molecule has 2 unspecified atom stereocenters.